The molecule has 11 rings (SSSR count). The summed E-state index contributed by atoms with van der Waals surface area (Å²) in [6.07, 6.45) is 14.2. The zero-order valence-electron chi connectivity index (χ0n) is 30.3. The van der Waals surface area contributed by atoms with Gasteiger partial charge in [-0.25, -0.2) is 9.97 Å². The molecule has 7 aromatic rings. The van der Waals surface area contributed by atoms with E-state index in [1.807, 2.05) is 49.0 Å². The molecular formula is C49H35N7. The van der Waals surface area contributed by atoms with Crippen molar-refractivity contribution >= 4 is 35.2 Å². The van der Waals surface area contributed by atoms with Crippen LogP contribution in [0.25, 0.3) is 45.2 Å². The number of rotatable bonds is 6. The third-order valence-electron chi connectivity index (χ3n) is 11.3. The van der Waals surface area contributed by atoms with E-state index >= 15 is 0 Å². The highest BCUT2D eigenvalue weighted by molar-refractivity contribution is 5.87. The van der Waals surface area contributed by atoms with Crippen LogP contribution < -0.4 is 9.80 Å². The number of fused-ring (bicyclic) bond motifs is 6. The van der Waals surface area contributed by atoms with Crippen molar-refractivity contribution in [2.45, 2.75) is 24.0 Å². The molecule has 266 valence electrons. The van der Waals surface area contributed by atoms with Gasteiger partial charge in [-0.05, 0) is 84.4 Å². The normalized spacial score (nSPS) is 19.8. The first-order valence-electron chi connectivity index (χ1n) is 19.0. The molecule has 4 aliphatic heterocycles. The Hall–Kier alpha value is -7.25. The van der Waals surface area contributed by atoms with E-state index in [1.165, 1.54) is 22.5 Å². The van der Waals surface area contributed by atoms with E-state index in [2.05, 4.69) is 154 Å². The summed E-state index contributed by atoms with van der Waals surface area (Å²) < 4.78 is 0. The van der Waals surface area contributed by atoms with Crippen molar-refractivity contribution in [3.8, 4) is 45.2 Å². The third-order valence-corrected chi connectivity index (χ3v) is 11.3. The van der Waals surface area contributed by atoms with Gasteiger partial charge in [0.1, 0.15) is 6.04 Å². The first kappa shape index (κ1) is 32.2. The van der Waals surface area contributed by atoms with Gasteiger partial charge in [-0.2, -0.15) is 0 Å². The van der Waals surface area contributed by atoms with Crippen LogP contribution in [0.1, 0.15) is 23.1 Å². The molecular weight excluding hydrogens is 687 g/mol. The quantitative estimate of drug-likeness (QED) is 0.171. The maximum absolute atomic E-state index is 5.23. The van der Waals surface area contributed by atoms with Crippen molar-refractivity contribution in [2.75, 3.05) is 9.80 Å². The second-order valence-electron chi connectivity index (χ2n) is 14.5. The minimum absolute atomic E-state index is 0.103. The third kappa shape index (κ3) is 5.39. The molecule has 0 saturated heterocycles. The Morgan fingerprint density at radius 1 is 0.482 bits per heavy atom. The van der Waals surface area contributed by atoms with Crippen molar-refractivity contribution in [3.05, 3.63) is 187 Å². The van der Waals surface area contributed by atoms with E-state index < -0.39 is 0 Å². The maximum atomic E-state index is 5.23. The van der Waals surface area contributed by atoms with E-state index in [9.17, 15) is 0 Å². The highest BCUT2D eigenvalue weighted by atomic mass is 15.2. The molecule has 0 spiro atoms. The van der Waals surface area contributed by atoms with E-state index in [4.69, 9.17) is 19.9 Å². The van der Waals surface area contributed by atoms with Crippen LogP contribution in [0.15, 0.2) is 186 Å². The van der Waals surface area contributed by atoms with Crippen LogP contribution in [-0.4, -0.2) is 39.5 Å². The first-order chi connectivity index (χ1) is 27.8. The molecule has 0 aliphatic carbocycles. The summed E-state index contributed by atoms with van der Waals surface area (Å²) in [6, 6.07) is 51.4. The summed E-state index contributed by atoms with van der Waals surface area (Å²) in [5, 5.41) is 0. The van der Waals surface area contributed by atoms with Crippen LogP contribution in [0, 0.1) is 0 Å². The monoisotopic (exact) mass is 721 g/mol. The van der Waals surface area contributed by atoms with Crippen molar-refractivity contribution in [1.82, 2.24) is 15.0 Å². The highest BCUT2D eigenvalue weighted by Crippen LogP contribution is 2.48. The first-order valence-corrected chi connectivity index (χ1v) is 19.0. The molecule has 7 heterocycles. The molecule has 0 saturated carbocycles. The molecule has 4 aliphatic rings. The largest absolute Gasteiger partial charge is 0.332 e. The Kier molecular flexibility index (Phi) is 7.62. The van der Waals surface area contributed by atoms with Gasteiger partial charge >= 0.3 is 0 Å². The van der Waals surface area contributed by atoms with E-state index in [-0.39, 0.29) is 24.0 Å². The summed E-state index contributed by atoms with van der Waals surface area (Å²) in [5.41, 5.74) is 14.5. The van der Waals surface area contributed by atoms with Crippen LogP contribution in [-0.2, 0) is 0 Å². The molecule has 7 nitrogen and oxygen atoms in total. The Morgan fingerprint density at radius 2 is 1.12 bits per heavy atom. The molecule has 7 heteroatoms. The minimum Gasteiger partial charge on any atom is -0.332 e. The molecule has 56 heavy (non-hydrogen) atoms. The number of dihydropyridines is 1. The molecule has 4 atom stereocenters. The standard InChI is InChI=1S/C49H35N7/c1-3-14-45-37(9-1)38-25-28-50-31-48(38)56(45)36-23-19-33(20-24-36)43-29-34(40-11-5-6-26-51-40)30-44(54-43)42-13-7-12-41(53-42)32-17-21-35(22-18-32)55-46-15-4-2-10-39(46)49-47(55)16-8-27-52-49/h1-31,38,47-49H. The zero-order chi connectivity index (χ0) is 37.0. The number of nitrogens with zero attached hydrogens (tertiary/aromatic N) is 7. The number of hydrogen-bond donors (Lipinski definition) is 0. The fraction of sp³-hybridized carbons (Fsp3) is 0.0816. The Labute approximate surface area is 325 Å². The fourth-order valence-electron chi connectivity index (χ4n) is 8.70. The predicted molar refractivity (Wildman–Crippen MR) is 227 cm³/mol. The second-order valence-corrected chi connectivity index (χ2v) is 14.5. The van der Waals surface area contributed by atoms with Crippen LogP contribution in [0.2, 0.25) is 0 Å². The lowest BCUT2D eigenvalue weighted by Gasteiger charge is -2.28. The molecule has 0 amide bonds. The van der Waals surface area contributed by atoms with Crippen LogP contribution in [0.3, 0.4) is 0 Å². The topological polar surface area (TPSA) is 69.9 Å². The molecule has 3 aromatic heterocycles. The number of allylic oxidation sites excluding steroid dienone is 1. The van der Waals surface area contributed by atoms with Gasteiger partial charge in [0.2, 0.25) is 0 Å². The average Bonchev–Trinajstić information content (AvgIpc) is 3.80. The van der Waals surface area contributed by atoms with Gasteiger partial charge in [0.15, 0.2) is 0 Å². The van der Waals surface area contributed by atoms with Gasteiger partial charge in [0, 0.05) is 75.7 Å². The van der Waals surface area contributed by atoms with Crippen molar-refractivity contribution in [3.63, 3.8) is 0 Å². The number of benzene rings is 4. The Bertz CT molecular complexity index is 2730. The van der Waals surface area contributed by atoms with Gasteiger partial charge in [0.25, 0.3) is 0 Å². The molecule has 0 N–H and O–H groups in total. The smallest absolute Gasteiger partial charge is 0.101 e. The van der Waals surface area contributed by atoms with Gasteiger partial charge < -0.3 is 9.80 Å². The van der Waals surface area contributed by atoms with Gasteiger partial charge in [0.05, 0.1) is 40.6 Å². The van der Waals surface area contributed by atoms with E-state index in [0.29, 0.717) is 0 Å². The SMILES string of the molecule is C1=CC2C(N=C1)c1ccccc1N2c1ccc(-c2cccc(-c3cc(-c4ccccn4)cc(-c4ccc(N5c6ccccc6C6C=CN=CC65)cc4)n3)n2)cc1. The fourth-order valence-corrected chi connectivity index (χ4v) is 8.70. The van der Waals surface area contributed by atoms with Gasteiger partial charge in [-0.15, -0.1) is 0 Å². The summed E-state index contributed by atoms with van der Waals surface area (Å²) in [7, 11) is 0. The van der Waals surface area contributed by atoms with Crippen molar-refractivity contribution < 1.29 is 0 Å². The minimum atomic E-state index is 0.103. The number of aliphatic imine (C=N–C) groups is 2. The van der Waals surface area contributed by atoms with Crippen molar-refractivity contribution in [1.29, 1.82) is 0 Å². The lowest BCUT2D eigenvalue weighted by atomic mass is 9.94. The summed E-state index contributed by atoms with van der Waals surface area (Å²) in [6.45, 7) is 0. The number of pyridine rings is 3. The molecule has 0 fully saturated rings. The number of aromatic nitrogens is 3. The molecule has 4 unspecified atom stereocenters. The van der Waals surface area contributed by atoms with Crippen molar-refractivity contribution in [2.24, 2.45) is 9.98 Å². The summed E-state index contributed by atoms with van der Waals surface area (Å²) in [5.74, 6) is 0.281. The zero-order valence-corrected chi connectivity index (χ0v) is 30.3. The lowest BCUT2D eigenvalue weighted by Crippen LogP contribution is -2.32. The summed E-state index contributed by atoms with van der Waals surface area (Å²) in [4.78, 5) is 29.2. The average molecular weight is 722 g/mol. The Morgan fingerprint density at radius 3 is 1.91 bits per heavy atom. The van der Waals surface area contributed by atoms with Crippen LogP contribution in [0.4, 0.5) is 22.7 Å². The predicted octanol–water partition coefficient (Wildman–Crippen LogP) is 10.9. The van der Waals surface area contributed by atoms with E-state index in [0.717, 1.165) is 56.5 Å². The van der Waals surface area contributed by atoms with Crippen LogP contribution in [0.5, 0.6) is 0 Å². The molecule has 4 aromatic carbocycles. The van der Waals surface area contributed by atoms with Crippen LogP contribution >= 0.6 is 0 Å². The number of hydrogen-bond acceptors (Lipinski definition) is 7. The van der Waals surface area contributed by atoms with E-state index in [1.54, 1.807) is 0 Å². The number of anilines is 4. The number of para-hydroxylation sites is 2. The second kappa shape index (κ2) is 13.2. The molecule has 0 bridgehead atoms. The van der Waals surface area contributed by atoms with Gasteiger partial charge in [-0.3, -0.25) is 15.0 Å². The van der Waals surface area contributed by atoms with Gasteiger partial charge in [-0.1, -0.05) is 84.9 Å². The maximum Gasteiger partial charge on any atom is 0.101 e. The lowest BCUT2D eigenvalue weighted by molar-refractivity contribution is 0.667. The Balaban J connectivity index is 0.930. The highest BCUT2D eigenvalue weighted by Gasteiger charge is 2.39. The summed E-state index contributed by atoms with van der Waals surface area (Å²) >= 11 is 0. The molecule has 0 radical (unpaired) electrons.